The molecule has 2 N–H and O–H groups in total. The minimum Gasteiger partial charge on any atom is -0.343 e. The van der Waals surface area contributed by atoms with Gasteiger partial charge in [-0.25, -0.2) is 4.98 Å². The van der Waals surface area contributed by atoms with E-state index in [1.54, 1.807) is 0 Å². The number of amides is 1. The lowest BCUT2D eigenvalue weighted by atomic mass is 10.3. The molecular formula is C14H18N4O2S. The van der Waals surface area contributed by atoms with E-state index in [2.05, 4.69) is 15.3 Å². The SMILES string of the molecule is O=C(CCNCc1nc2ccsc2c(=O)[nH]1)N1CCCC1. The maximum Gasteiger partial charge on any atom is 0.268 e. The van der Waals surface area contributed by atoms with E-state index in [9.17, 15) is 9.59 Å². The molecule has 21 heavy (non-hydrogen) atoms. The molecule has 0 spiro atoms. The molecule has 1 aliphatic heterocycles. The molecule has 0 radical (unpaired) electrons. The second-order valence-electron chi connectivity index (χ2n) is 5.16. The maximum absolute atomic E-state index is 11.9. The molecule has 1 aliphatic rings. The highest BCUT2D eigenvalue weighted by atomic mass is 32.1. The Balaban J connectivity index is 1.50. The van der Waals surface area contributed by atoms with Crippen LogP contribution in [-0.4, -0.2) is 40.4 Å². The van der Waals surface area contributed by atoms with E-state index in [1.165, 1.54) is 11.3 Å². The summed E-state index contributed by atoms with van der Waals surface area (Å²) in [6.07, 6.45) is 2.72. The second kappa shape index (κ2) is 6.36. The van der Waals surface area contributed by atoms with Crippen molar-refractivity contribution in [3.63, 3.8) is 0 Å². The van der Waals surface area contributed by atoms with Gasteiger partial charge in [-0.2, -0.15) is 0 Å². The smallest absolute Gasteiger partial charge is 0.268 e. The van der Waals surface area contributed by atoms with Crippen molar-refractivity contribution < 1.29 is 4.79 Å². The summed E-state index contributed by atoms with van der Waals surface area (Å²) in [5.41, 5.74) is 0.633. The molecule has 6 nitrogen and oxygen atoms in total. The lowest BCUT2D eigenvalue weighted by Gasteiger charge is -2.15. The molecule has 0 aromatic carbocycles. The molecule has 3 rings (SSSR count). The molecule has 0 saturated carbocycles. The van der Waals surface area contributed by atoms with Crippen LogP contribution >= 0.6 is 11.3 Å². The van der Waals surface area contributed by atoms with Crippen LogP contribution in [0, 0.1) is 0 Å². The van der Waals surface area contributed by atoms with E-state index < -0.39 is 0 Å². The van der Waals surface area contributed by atoms with Gasteiger partial charge in [0.2, 0.25) is 5.91 Å². The number of carbonyl (C=O) groups excluding carboxylic acids is 1. The zero-order valence-electron chi connectivity index (χ0n) is 11.7. The molecule has 7 heteroatoms. The highest BCUT2D eigenvalue weighted by Crippen LogP contribution is 2.13. The summed E-state index contributed by atoms with van der Waals surface area (Å²) in [6.45, 7) is 2.85. The van der Waals surface area contributed by atoms with Crippen LogP contribution in [0.3, 0.4) is 0 Å². The Morgan fingerprint density at radius 1 is 1.43 bits per heavy atom. The third kappa shape index (κ3) is 3.30. The molecule has 0 bridgehead atoms. The Hall–Kier alpha value is -1.73. The molecule has 112 valence electrons. The molecule has 1 fully saturated rings. The second-order valence-corrected chi connectivity index (χ2v) is 6.08. The van der Waals surface area contributed by atoms with Crippen molar-refractivity contribution in [3.8, 4) is 0 Å². The fraction of sp³-hybridized carbons (Fsp3) is 0.500. The highest BCUT2D eigenvalue weighted by Gasteiger charge is 2.16. The number of carbonyl (C=O) groups is 1. The number of hydrogen-bond donors (Lipinski definition) is 2. The zero-order chi connectivity index (χ0) is 14.7. The zero-order valence-corrected chi connectivity index (χ0v) is 12.5. The number of nitrogens with zero attached hydrogens (tertiary/aromatic N) is 2. The number of rotatable bonds is 5. The lowest BCUT2D eigenvalue weighted by molar-refractivity contribution is -0.130. The van der Waals surface area contributed by atoms with Gasteiger partial charge in [0, 0.05) is 26.1 Å². The monoisotopic (exact) mass is 306 g/mol. The molecule has 1 amide bonds. The van der Waals surface area contributed by atoms with Crippen LogP contribution in [0.1, 0.15) is 25.1 Å². The van der Waals surface area contributed by atoms with Gasteiger partial charge in [0.05, 0.1) is 12.1 Å². The molecule has 0 unspecified atom stereocenters. The highest BCUT2D eigenvalue weighted by molar-refractivity contribution is 7.17. The van der Waals surface area contributed by atoms with Crippen LogP contribution in [0.2, 0.25) is 0 Å². The predicted molar refractivity (Wildman–Crippen MR) is 82.4 cm³/mol. The Morgan fingerprint density at radius 3 is 3.05 bits per heavy atom. The Morgan fingerprint density at radius 2 is 2.24 bits per heavy atom. The van der Waals surface area contributed by atoms with Crippen LogP contribution in [-0.2, 0) is 11.3 Å². The molecule has 0 atom stereocenters. The van der Waals surface area contributed by atoms with Crippen molar-refractivity contribution in [2.45, 2.75) is 25.8 Å². The number of likely N-dealkylation sites (tertiary alicyclic amines) is 1. The standard InChI is InChI=1S/C14H18N4O2S/c19-12(18-6-1-2-7-18)3-5-15-9-11-16-10-4-8-21-13(10)14(20)17-11/h4,8,15H,1-3,5-7,9H2,(H,16,17,20). The number of fused-ring (bicyclic) bond motifs is 1. The average molecular weight is 306 g/mol. The predicted octanol–water partition coefficient (Wildman–Crippen LogP) is 1.09. The van der Waals surface area contributed by atoms with Gasteiger partial charge >= 0.3 is 0 Å². The largest absolute Gasteiger partial charge is 0.343 e. The van der Waals surface area contributed by atoms with Gasteiger partial charge < -0.3 is 15.2 Å². The summed E-state index contributed by atoms with van der Waals surface area (Å²) in [6, 6.07) is 1.84. The number of aromatic nitrogens is 2. The summed E-state index contributed by atoms with van der Waals surface area (Å²) in [4.78, 5) is 32.7. The summed E-state index contributed by atoms with van der Waals surface area (Å²) in [5, 5.41) is 5.02. The van der Waals surface area contributed by atoms with Crippen LogP contribution in [0.4, 0.5) is 0 Å². The van der Waals surface area contributed by atoms with Crippen molar-refractivity contribution in [2.24, 2.45) is 0 Å². The van der Waals surface area contributed by atoms with E-state index in [-0.39, 0.29) is 11.5 Å². The van der Waals surface area contributed by atoms with Gasteiger partial charge in [-0.05, 0) is 24.3 Å². The van der Waals surface area contributed by atoms with Crippen molar-refractivity contribution in [3.05, 3.63) is 27.6 Å². The van der Waals surface area contributed by atoms with Crippen LogP contribution in [0.5, 0.6) is 0 Å². The van der Waals surface area contributed by atoms with Crippen LogP contribution in [0.15, 0.2) is 16.2 Å². The summed E-state index contributed by atoms with van der Waals surface area (Å²) in [5.74, 6) is 0.814. The summed E-state index contributed by atoms with van der Waals surface area (Å²) < 4.78 is 0.656. The number of aromatic amines is 1. The van der Waals surface area contributed by atoms with Gasteiger partial charge in [0.1, 0.15) is 10.5 Å². The first-order valence-corrected chi connectivity index (χ1v) is 8.07. The maximum atomic E-state index is 11.9. The van der Waals surface area contributed by atoms with Gasteiger partial charge in [0.15, 0.2) is 0 Å². The fourth-order valence-electron chi connectivity index (χ4n) is 2.53. The van der Waals surface area contributed by atoms with E-state index in [1.807, 2.05) is 16.3 Å². The lowest BCUT2D eigenvalue weighted by Crippen LogP contribution is -2.30. The normalized spacial score (nSPS) is 15.0. The van der Waals surface area contributed by atoms with E-state index in [0.717, 1.165) is 31.4 Å². The Bertz CT molecular complexity index is 688. The number of thiophene rings is 1. The minimum absolute atomic E-state index is 0.0973. The quantitative estimate of drug-likeness (QED) is 0.811. The van der Waals surface area contributed by atoms with Crippen molar-refractivity contribution in [2.75, 3.05) is 19.6 Å². The van der Waals surface area contributed by atoms with Crippen molar-refractivity contribution in [1.29, 1.82) is 0 Å². The average Bonchev–Trinajstić information content (AvgIpc) is 3.14. The number of hydrogen-bond acceptors (Lipinski definition) is 5. The van der Waals surface area contributed by atoms with Gasteiger partial charge in [-0.15, -0.1) is 11.3 Å². The molecule has 3 heterocycles. The summed E-state index contributed by atoms with van der Waals surface area (Å²) in [7, 11) is 0. The first kappa shape index (κ1) is 14.2. The number of H-pyrrole nitrogens is 1. The number of nitrogens with one attached hydrogen (secondary N) is 2. The van der Waals surface area contributed by atoms with E-state index in [4.69, 9.17) is 0 Å². The Kier molecular flexibility index (Phi) is 4.31. The summed E-state index contributed by atoms with van der Waals surface area (Å²) >= 11 is 1.39. The first-order chi connectivity index (χ1) is 10.2. The van der Waals surface area contributed by atoms with Crippen molar-refractivity contribution >= 4 is 27.5 Å². The minimum atomic E-state index is -0.0973. The van der Waals surface area contributed by atoms with Crippen LogP contribution < -0.4 is 10.9 Å². The topological polar surface area (TPSA) is 78.1 Å². The first-order valence-electron chi connectivity index (χ1n) is 7.19. The van der Waals surface area contributed by atoms with Gasteiger partial charge in [-0.3, -0.25) is 9.59 Å². The Labute approximate surface area is 126 Å². The van der Waals surface area contributed by atoms with Gasteiger partial charge in [0.25, 0.3) is 5.56 Å². The van der Waals surface area contributed by atoms with Gasteiger partial charge in [-0.1, -0.05) is 0 Å². The fourth-order valence-corrected chi connectivity index (χ4v) is 3.26. The van der Waals surface area contributed by atoms with E-state index in [0.29, 0.717) is 30.0 Å². The molecular weight excluding hydrogens is 288 g/mol. The molecule has 1 saturated heterocycles. The third-order valence-corrected chi connectivity index (χ3v) is 4.53. The molecule has 0 aliphatic carbocycles. The molecule has 2 aromatic heterocycles. The van der Waals surface area contributed by atoms with Crippen LogP contribution in [0.25, 0.3) is 10.2 Å². The van der Waals surface area contributed by atoms with Crippen molar-refractivity contribution in [1.82, 2.24) is 20.2 Å². The molecule has 2 aromatic rings. The third-order valence-electron chi connectivity index (χ3n) is 3.63. The van der Waals surface area contributed by atoms with E-state index >= 15 is 0 Å².